The van der Waals surface area contributed by atoms with Gasteiger partial charge in [0.2, 0.25) is 0 Å². The van der Waals surface area contributed by atoms with Crippen LogP contribution < -0.4 is 0 Å². The van der Waals surface area contributed by atoms with Gasteiger partial charge in [0.05, 0.1) is 117 Å². The Morgan fingerprint density at radius 2 is 0.868 bits per heavy atom. The molecule has 0 N–H and O–H groups in total. The van der Waals surface area contributed by atoms with Crippen molar-refractivity contribution in [3.8, 4) is 0 Å². The molecular weight excluding hydrogens is 520 g/mol. The molecule has 0 aliphatic heterocycles. The van der Waals surface area contributed by atoms with Crippen LogP contribution in [0.5, 0.6) is 0 Å². The highest BCUT2D eigenvalue weighted by Gasteiger charge is 2.14. The minimum absolute atomic E-state index is 0.0543. The maximum absolute atomic E-state index is 12.0. The summed E-state index contributed by atoms with van der Waals surface area (Å²) < 4.78 is 72.0. The van der Waals surface area contributed by atoms with Crippen LogP contribution in [0.4, 0.5) is 0 Å². The van der Waals surface area contributed by atoms with E-state index in [-0.39, 0.29) is 18.1 Å². The Morgan fingerprint density at radius 3 is 1.21 bits per heavy atom. The molecule has 0 unspecified atom stereocenters. The standard InChI is InChI=1S/C26H44O11S/c1-3-8-29-9-10-30-11-12-31-13-14-32-15-16-33-17-18-34-19-20-35-21-22-36-23-24-37-38(27,28)26-6-4-25(2)5-7-26/h3-7H,1,8-24H2,2H3. The summed E-state index contributed by atoms with van der Waals surface area (Å²) in [5, 5.41) is 0. The fourth-order valence-electron chi connectivity index (χ4n) is 2.68. The Kier molecular flexibility index (Phi) is 22.4. The van der Waals surface area contributed by atoms with Crippen LogP contribution in [0.25, 0.3) is 0 Å². The molecule has 12 heteroatoms. The molecule has 38 heavy (non-hydrogen) atoms. The SMILES string of the molecule is C=CCOCCOCCOCCOCCOCCOCCOCCOCCOS(=O)(=O)c1ccc(C)cc1. The topological polar surface area (TPSA) is 117 Å². The first kappa shape index (κ1) is 34.6. The zero-order chi connectivity index (χ0) is 27.6. The molecule has 0 fully saturated rings. The zero-order valence-corrected chi connectivity index (χ0v) is 23.3. The Morgan fingerprint density at radius 1 is 0.553 bits per heavy atom. The van der Waals surface area contributed by atoms with Crippen molar-refractivity contribution in [2.45, 2.75) is 11.8 Å². The van der Waals surface area contributed by atoms with E-state index in [4.69, 9.17) is 42.1 Å². The van der Waals surface area contributed by atoms with Gasteiger partial charge in [-0.3, -0.25) is 4.18 Å². The maximum atomic E-state index is 12.0. The van der Waals surface area contributed by atoms with Crippen molar-refractivity contribution in [2.24, 2.45) is 0 Å². The Balaban J connectivity index is 1.73. The van der Waals surface area contributed by atoms with Crippen LogP contribution in [0.3, 0.4) is 0 Å². The van der Waals surface area contributed by atoms with Crippen molar-refractivity contribution >= 4 is 10.1 Å². The minimum atomic E-state index is -3.76. The number of hydrogen-bond acceptors (Lipinski definition) is 11. The van der Waals surface area contributed by atoms with Gasteiger partial charge in [-0.15, -0.1) is 6.58 Å². The normalized spacial score (nSPS) is 11.7. The Labute approximate surface area is 227 Å². The van der Waals surface area contributed by atoms with E-state index in [1.807, 2.05) is 6.92 Å². The largest absolute Gasteiger partial charge is 0.377 e. The number of aryl methyl sites for hydroxylation is 1. The summed E-state index contributed by atoms with van der Waals surface area (Å²) in [4.78, 5) is 0.131. The van der Waals surface area contributed by atoms with Gasteiger partial charge >= 0.3 is 0 Å². The van der Waals surface area contributed by atoms with Crippen molar-refractivity contribution < 1.29 is 50.5 Å². The van der Waals surface area contributed by atoms with Gasteiger partial charge in [-0.05, 0) is 19.1 Å². The van der Waals surface area contributed by atoms with E-state index < -0.39 is 10.1 Å². The van der Waals surface area contributed by atoms with E-state index in [1.54, 1.807) is 18.2 Å². The van der Waals surface area contributed by atoms with Crippen molar-refractivity contribution in [1.29, 1.82) is 0 Å². The van der Waals surface area contributed by atoms with Crippen LogP contribution >= 0.6 is 0 Å². The molecule has 0 spiro atoms. The lowest BCUT2D eigenvalue weighted by atomic mass is 10.2. The number of rotatable bonds is 28. The van der Waals surface area contributed by atoms with Gasteiger partial charge in [0.15, 0.2) is 0 Å². The van der Waals surface area contributed by atoms with Crippen molar-refractivity contribution in [3.63, 3.8) is 0 Å². The molecular formula is C26H44O11S. The van der Waals surface area contributed by atoms with Gasteiger partial charge in [-0.1, -0.05) is 23.8 Å². The summed E-state index contributed by atoms with van der Waals surface area (Å²) in [6.07, 6.45) is 1.70. The van der Waals surface area contributed by atoms with Crippen LogP contribution in [0.15, 0.2) is 41.8 Å². The third-order valence-corrected chi connectivity index (χ3v) is 5.94. The zero-order valence-electron chi connectivity index (χ0n) is 22.5. The Bertz CT molecular complexity index is 772. The molecule has 0 amide bonds. The summed E-state index contributed by atoms with van der Waals surface area (Å²) in [5.74, 6) is 0. The maximum Gasteiger partial charge on any atom is 0.297 e. The highest BCUT2D eigenvalue weighted by Crippen LogP contribution is 2.12. The Hall–Kier alpha value is -1.45. The van der Waals surface area contributed by atoms with Crippen molar-refractivity contribution in [2.75, 3.05) is 112 Å². The third kappa shape index (κ3) is 20.5. The molecule has 1 rings (SSSR count). The first-order valence-electron chi connectivity index (χ1n) is 12.7. The summed E-state index contributed by atoms with van der Waals surface area (Å²) in [6.45, 7) is 12.7. The molecule has 0 aromatic heterocycles. The summed E-state index contributed by atoms with van der Waals surface area (Å²) in [7, 11) is -3.76. The molecule has 0 atom stereocenters. The van der Waals surface area contributed by atoms with Gasteiger partial charge in [0.25, 0.3) is 10.1 Å². The van der Waals surface area contributed by atoms with Gasteiger partial charge in [0.1, 0.15) is 0 Å². The molecule has 1 aromatic carbocycles. The summed E-state index contributed by atoms with van der Waals surface area (Å²) in [5.41, 5.74) is 0.978. The average molecular weight is 565 g/mol. The first-order chi connectivity index (χ1) is 18.6. The second-order valence-electron chi connectivity index (χ2n) is 7.74. The van der Waals surface area contributed by atoms with Crippen LogP contribution in [-0.2, 0) is 52.2 Å². The fraction of sp³-hybridized carbons (Fsp3) is 0.692. The second-order valence-corrected chi connectivity index (χ2v) is 9.35. The molecule has 0 saturated heterocycles. The quantitative estimate of drug-likeness (QED) is 0.0845. The van der Waals surface area contributed by atoms with Gasteiger partial charge in [-0.25, -0.2) is 0 Å². The van der Waals surface area contributed by atoms with Crippen LogP contribution in [-0.4, -0.2) is 121 Å². The molecule has 0 bridgehead atoms. The lowest BCUT2D eigenvalue weighted by Gasteiger charge is -2.09. The smallest absolute Gasteiger partial charge is 0.297 e. The van der Waals surface area contributed by atoms with E-state index in [0.717, 1.165) is 5.56 Å². The lowest BCUT2D eigenvalue weighted by molar-refractivity contribution is -0.0231. The monoisotopic (exact) mass is 564 g/mol. The van der Waals surface area contributed by atoms with E-state index >= 15 is 0 Å². The molecule has 0 aliphatic rings. The van der Waals surface area contributed by atoms with E-state index in [2.05, 4.69) is 6.58 Å². The van der Waals surface area contributed by atoms with Crippen LogP contribution in [0.2, 0.25) is 0 Å². The number of benzene rings is 1. The van der Waals surface area contributed by atoms with E-state index in [9.17, 15) is 8.42 Å². The van der Waals surface area contributed by atoms with Crippen molar-refractivity contribution in [3.05, 3.63) is 42.5 Å². The predicted molar refractivity (Wildman–Crippen MR) is 141 cm³/mol. The van der Waals surface area contributed by atoms with Crippen molar-refractivity contribution in [1.82, 2.24) is 0 Å². The number of ether oxygens (including phenoxy) is 8. The molecule has 0 aliphatic carbocycles. The molecule has 0 saturated carbocycles. The lowest BCUT2D eigenvalue weighted by Crippen LogP contribution is -2.15. The van der Waals surface area contributed by atoms with Crippen LogP contribution in [0.1, 0.15) is 5.56 Å². The highest BCUT2D eigenvalue weighted by molar-refractivity contribution is 7.86. The number of hydrogen-bond donors (Lipinski definition) is 0. The fourth-order valence-corrected chi connectivity index (χ4v) is 3.57. The second kappa shape index (κ2) is 24.6. The third-order valence-electron chi connectivity index (χ3n) is 4.62. The van der Waals surface area contributed by atoms with Gasteiger partial charge in [-0.2, -0.15) is 8.42 Å². The molecule has 11 nitrogen and oxygen atoms in total. The minimum Gasteiger partial charge on any atom is -0.377 e. The summed E-state index contributed by atoms with van der Waals surface area (Å²) >= 11 is 0. The van der Waals surface area contributed by atoms with Gasteiger partial charge < -0.3 is 37.9 Å². The molecule has 1 aromatic rings. The first-order valence-corrected chi connectivity index (χ1v) is 14.2. The molecule has 0 heterocycles. The van der Waals surface area contributed by atoms with E-state index in [1.165, 1.54) is 12.1 Å². The predicted octanol–water partition coefficient (Wildman–Crippen LogP) is 2.02. The van der Waals surface area contributed by atoms with Gasteiger partial charge in [0, 0.05) is 0 Å². The van der Waals surface area contributed by atoms with Crippen LogP contribution in [0, 0.1) is 6.92 Å². The molecule has 220 valence electrons. The molecule has 0 radical (unpaired) electrons. The highest BCUT2D eigenvalue weighted by atomic mass is 32.2. The summed E-state index contributed by atoms with van der Waals surface area (Å²) in [6, 6.07) is 6.48. The van der Waals surface area contributed by atoms with E-state index in [0.29, 0.717) is 99.1 Å². The average Bonchev–Trinajstić information content (AvgIpc) is 2.91.